The zero-order chi connectivity index (χ0) is 32.2. The molecule has 0 aliphatic heterocycles. The third-order valence-corrected chi connectivity index (χ3v) is 11.1. The van der Waals surface area contributed by atoms with Crippen LogP contribution in [0, 0.1) is 0 Å². The van der Waals surface area contributed by atoms with Gasteiger partial charge in [0.15, 0.2) is 0 Å². The fourth-order valence-electron chi connectivity index (χ4n) is 6.47. The van der Waals surface area contributed by atoms with Gasteiger partial charge in [-0.25, -0.2) is 0 Å². The molecule has 0 radical (unpaired) electrons. The summed E-state index contributed by atoms with van der Waals surface area (Å²) in [5, 5.41) is 20.6. The van der Waals surface area contributed by atoms with E-state index in [1.54, 1.807) is 0 Å². The van der Waals surface area contributed by atoms with E-state index in [1.165, 1.54) is 154 Å². The van der Waals surface area contributed by atoms with Gasteiger partial charge in [-0.3, -0.25) is 0 Å². The maximum Gasteiger partial charge on any atom is 0.105 e. The maximum atomic E-state index is 12.3. The predicted molar refractivity (Wildman–Crippen MR) is 198 cm³/mol. The van der Waals surface area contributed by atoms with Crippen molar-refractivity contribution in [1.82, 2.24) is 0 Å². The van der Waals surface area contributed by atoms with Crippen molar-refractivity contribution in [3.8, 4) is 0 Å². The molecule has 0 aromatic heterocycles. The van der Waals surface area contributed by atoms with Crippen LogP contribution in [0.2, 0.25) is 0 Å². The van der Waals surface area contributed by atoms with Gasteiger partial charge in [0.05, 0.1) is 12.2 Å². The average Bonchev–Trinajstić information content (AvgIpc) is 3.02. The normalized spacial score (nSPS) is 13.8. The number of unbranched alkanes of at least 4 members (excludes halogenated alkanes) is 26. The van der Waals surface area contributed by atoms with Gasteiger partial charge in [0.2, 0.25) is 0 Å². The summed E-state index contributed by atoms with van der Waals surface area (Å²) >= 11 is -0.743. The van der Waals surface area contributed by atoms with Gasteiger partial charge in [-0.15, -0.1) is 0 Å². The second-order valence-corrected chi connectivity index (χ2v) is 15.9. The zero-order valence-electron chi connectivity index (χ0n) is 30.3. The molecule has 0 bridgehead atoms. The molecule has 2 atom stereocenters. The lowest BCUT2D eigenvalue weighted by Crippen LogP contribution is -2.13. The van der Waals surface area contributed by atoms with Crippen LogP contribution in [-0.2, 0) is 11.2 Å². The van der Waals surface area contributed by atoms with Crippen molar-refractivity contribution in [1.29, 1.82) is 0 Å². The van der Waals surface area contributed by atoms with E-state index >= 15 is 0 Å². The summed E-state index contributed by atoms with van der Waals surface area (Å²) < 4.78 is 12.3. The second kappa shape index (κ2) is 37.7. The predicted octanol–water partition coefficient (Wildman–Crippen LogP) is 12.8. The Bertz CT molecular complexity index is 473. The molecule has 0 aromatic rings. The van der Waals surface area contributed by atoms with Gasteiger partial charge in [-0.1, -0.05) is 192 Å². The Balaban J connectivity index is 3.35. The van der Waals surface area contributed by atoms with E-state index in [9.17, 15) is 14.8 Å². The van der Waals surface area contributed by atoms with Gasteiger partial charge in [0.1, 0.15) is 11.5 Å². The van der Waals surface area contributed by atoms with Crippen molar-refractivity contribution in [3.05, 3.63) is 0 Å². The van der Waals surface area contributed by atoms with E-state index in [2.05, 4.69) is 13.8 Å². The summed E-state index contributed by atoms with van der Waals surface area (Å²) in [4.78, 5) is 0. The lowest BCUT2D eigenvalue weighted by atomic mass is 10.0. The fraction of sp³-hybridized carbons (Fsp3) is 1.00. The SMILES string of the molecule is CCCCCCCCCCCCCCCC(O)CCCC[S+]([O-])CCCCC(O)CCCCCCCCCCCCCCC. The molecule has 0 aliphatic carbocycles. The standard InChI is InChI=1S/C40H82O3S/c1-3-5-7-9-11-13-15-17-19-21-23-25-27-33-39(41)35-29-31-37-44(43)38-32-30-36-40(42)34-28-26-24-22-20-18-16-14-12-10-8-6-4-2/h39-42H,3-38H2,1-2H3. The van der Waals surface area contributed by atoms with Crippen LogP contribution in [0.5, 0.6) is 0 Å². The Labute approximate surface area is 281 Å². The lowest BCUT2D eigenvalue weighted by molar-refractivity contribution is 0.148. The van der Waals surface area contributed by atoms with E-state index in [4.69, 9.17) is 0 Å². The van der Waals surface area contributed by atoms with Crippen LogP contribution in [0.3, 0.4) is 0 Å². The first kappa shape index (κ1) is 44.2. The first-order valence-electron chi connectivity index (χ1n) is 20.3. The molecule has 0 heterocycles. The largest absolute Gasteiger partial charge is 0.616 e. The molecule has 0 saturated carbocycles. The highest BCUT2D eigenvalue weighted by atomic mass is 32.2. The second-order valence-electron chi connectivity index (χ2n) is 14.2. The fourth-order valence-corrected chi connectivity index (χ4v) is 7.73. The molecule has 4 heteroatoms. The summed E-state index contributed by atoms with van der Waals surface area (Å²) in [5.74, 6) is 1.54. The first-order chi connectivity index (χ1) is 21.6. The van der Waals surface area contributed by atoms with Gasteiger partial charge in [-0.05, 0) is 51.4 Å². The van der Waals surface area contributed by atoms with Crippen LogP contribution in [0.4, 0.5) is 0 Å². The summed E-state index contributed by atoms with van der Waals surface area (Å²) in [5.41, 5.74) is 0. The molecule has 0 saturated heterocycles. The molecule has 2 unspecified atom stereocenters. The molecule has 0 spiro atoms. The number of rotatable bonds is 38. The van der Waals surface area contributed by atoms with Crippen molar-refractivity contribution in [3.63, 3.8) is 0 Å². The number of aliphatic hydroxyl groups excluding tert-OH is 2. The maximum absolute atomic E-state index is 12.3. The Morgan fingerprint density at radius 2 is 0.545 bits per heavy atom. The quantitative estimate of drug-likeness (QED) is 0.0520. The monoisotopic (exact) mass is 643 g/mol. The summed E-state index contributed by atoms with van der Waals surface area (Å²) in [6.45, 7) is 4.56. The first-order valence-corrected chi connectivity index (χ1v) is 21.8. The number of hydrogen-bond acceptors (Lipinski definition) is 3. The van der Waals surface area contributed by atoms with E-state index in [1.807, 2.05) is 0 Å². The minimum atomic E-state index is -0.743. The third kappa shape index (κ3) is 36.7. The van der Waals surface area contributed by atoms with Crippen LogP contribution in [0.15, 0.2) is 0 Å². The van der Waals surface area contributed by atoms with Crippen molar-refractivity contribution < 1.29 is 14.8 Å². The molecular weight excluding hydrogens is 561 g/mol. The molecule has 44 heavy (non-hydrogen) atoms. The lowest BCUT2D eigenvalue weighted by Gasteiger charge is -2.14. The highest BCUT2D eigenvalue weighted by Gasteiger charge is 2.10. The van der Waals surface area contributed by atoms with Gasteiger partial charge in [-0.2, -0.15) is 0 Å². The van der Waals surface area contributed by atoms with Crippen molar-refractivity contribution in [2.24, 2.45) is 0 Å². The van der Waals surface area contributed by atoms with E-state index in [0.717, 1.165) is 75.7 Å². The molecule has 0 rings (SSSR count). The van der Waals surface area contributed by atoms with E-state index < -0.39 is 11.2 Å². The molecule has 0 aromatic carbocycles. The average molecular weight is 643 g/mol. The summed E-state index contributed by atoms with van der Waals surface area (Å²) in [6, 6.07) is 0. The van der Waals surface area contributed by atoms with Crippen molar-refractivity contribution in [2.45, 2.75) is 244 Å². The van der Waals surface area contributed by atoms with E-state index in [0.29, 0.717) is 0 Å². The molecule has 0 fully saturated rings. The molecule has 266 valence electrons. The van der Waals surface area contributed by atoms with Gasteiger partial charge in [0, 0.05) is 0 Å². The summed E-state index contributed by atoms with van der Waals surface area (Å²) in [7, 11) is 0. The van der Waals surface area contributed by atoms with Crippen LogP contribution >= 0.6 is 0 Å². The van der Waals surface area contributed by atoms with Crippen LogP contribution < -0.4 is 0 Å². The van der Waals surface area contributed by atoms with Crippen molar-refractivity contribution in [2.75, 3.05) is 11.5 Å². The van der Waals surface area contributed by atoms with Crippen LogP contribution in [-0.4, -0.2) is 38.5 Å². The van der Waals surface area contributed by atoms with Gasteiger partial charge >= 0.3 is 0 Å². The topological polar surface area (TPSA) is 63.5 Å². The van der Waals surface area contributed by atoms with Crippen LogP contribution in [0.1, 0.15) is 232 Å². The summed E-state index contributed by atoms with van der Waals surface area (Å²) in [6.07, 6.45) is 42.6. The smallest absolute Gasteiger partial charge is 0.105 e. The van der Waals surface area contributed by atoms with Gasteiger partial charge < -0.3 is 14.8 Å². The van der Waals surface area contributed by atoms with Gasteiger partial charge in [0.25, 0.3) is 0 Å². The zero-order valence-corrected chi connectivity index (χ0v) is 31.1. The molecule has 0 amide bonds. The minimum absolute atomic E-state index is 0.174. The van der Waals surface area contributed by atoms with E-state index in [-0.39, 0.29) is 12.2 Å². The Hall–Kier alpha value is 0.230. The number of aliphatic hydroxyl groups is 2. The third-order valence-electron chi connectivity index (χ3n) is 9.60. The van der Waals surface area contributed by atoms with Crippen molar-refractivity contribution >= 4 is 11.2 Å². The molecule has 0 aliphatic rings. The Morgan fingerprint density at radius 1 is 0.341 bits per heavy atom. The van der Waals surface area contributed by atoms with Crippen LogP contribution in [0.25, 0.3) is 0 Å². The highest BCUT2D eigenvalue weighted by molar-refractivity contribution is 7.91. The number of hydrogen-bond donors (Lipinski definition) is 2. The highest BCUT2D eigenvalue weighted by Crippen LogP contribution is 2.17. The molecule has 3 nitrogen and oxygen atoms in total. The molecule has 2 N–H and O–H groups in total. The minimum Gasteiger partial charge on any atom is -0.616 e. The Kier molecular flexibility index (Phi) is 37.9. The Morgan fingerprint density at radius 3 is 0.795 bits per heavy atom. The molecular formula is C40H82O3S.